The molecule has 2 atom stereocenters. The molecule has 1 heterocycles. The Morgan fingerprint density at radius 3 is 2.53 bits per heavy atom. The molecule has 0 radical (unpaired) electrons. The van der Waals surface area contributed by atoms with Crippen LogP contribution in [0.2, 0.25) is 5.02 Å². The van der Waals surface area contributed by atoms with E-state index in [4.69, 9.17) is 21.1 Å². The predicted octanol–water partition coefficient (Wildman–Crippen LogP) is 4.36. The van der Waals surface area contributed by atoms with Gasteiger partial charge < -0.3 is 14.8 Å². The number of fused-ring (bicyclic) bond motifs is 1. The SMILES string of the molecule is O=C(Nc1ccc([N+](=O)[O-])cc1Cl)[C@@H](NC[C@H]1COc2ccccc2O1)c1ccccc1. The zero-order chi connectivity index (χ0) is 22.5. The average Bonchev–Trinajstić information content (AvgIpc) is 2.81. The number of carbonyl (C=O) groups excluding carboxylic acids is 1. The number of rotatable bonds is 7. The number of carbonyl (C=O) groups is 1. The van der Waals surface area contributed by atoms with Crippen LogP contribution in [0.3, 0.4) is 0 Å². The maximum Gasteiger partial charge on any atom is 0.271 e. The second-order valence-corrected chi connectivity index (χ2v) is 7.57. The van der Waals surface area contributed by atoms with Crippen LogP contribution in [-0.2, 0) is 4.79 Å². The maximum atomic E-state index is 13.1. The third-order valence-corrected chi connectivity index (χ3v) is 5.25. The van der Waals surface area contributed by atoms with Gasteiger partial charge in [0.15, 0.2) is 11.5 Å². The van der Waals surface area contributed by atoms with Gasteiger partial charge in [-0.05, 0) is 23.8 Å². The topological polar surface area (TPSA) is 103 Å². The minimum atomic E-state index is -0.705. The van der Waals surface area contributed by atoms with E-state index in [1.807, 2.05) is 54.6 Å². The molecule has 9 heteroatoms. The molecule has 0 bridgehead atoms. The highest BCUT2D eigenvalue weighted by molar-refractivity contribution is 6.34. The minimum absolute atomic E-state index is 0.0833. The van der Waals surface area contributed by atoms with Gasteiger partial charge in [-0.25, -0.2) is 0 Å². The number of hydrogen-bond donors (Lipinski definition) is 2. The lowest BCUT2D eigenvalue weighted by Crippen LogP contribution is -2.42. The smallest absolute Gasteiger partial charge is 0.271 e. The van der Waals surface area contributed by atoms with E-state index in [0.29, 0.717) is 24.7 Å². The lowest BCUT2D eigenvalue weighted by molar-refractivity contribution is -0.384. The van der Waals surface area contributed by atoms with Gasteiger partial charge in [-0.15, -0.1) is 0 Å². The molecule has 164 valence electrons. The summed E-state index contributed by atoms with van der Waals surface area (Å²) in [6, 6.07) is 19.8. The fraction of sp³-hybridized carbons (Fsp3) is 0.174. The molecule has 0 fully saturated rings. The van der Waals surface area contributed by atoms with Crippen LogP contribution in [0.1, 0.15) is 11.6 Å². The second kappa shape index (κ2) is 9.67. The Morgan fingerprint density at radius 2 is 1.81 bits per heavy atom. The molecular formula is C23H20ClN3O5. The molecule has 0 aromatic heterocycles. The minimum Gasteiger partial charge on any atom is -0.486 e. The first-order valence-electron chi connectivity index (χ1n) is 9.93. The highest BCUT2D eigenvalue weighted by atomic mass is 35.5. The quantitative estimate of drug-likeness (QED) is 0.407. The molecule has 0 saturated carbocycles. The molecule has 4 rings (SSSR count). The first-order valence-corrected chi connectivity index (χ1v) is 10.3. The van der Waals surface area contributed by atoms with E-state index in [-0.39, 0.29) is 28.4 Å². The summed E-state index contributed by atoms with van der Waals surface area (Å²) in [5.74, 6) is 0.988. The van der Waals surface area contributed by atoms with E-state index in [2.05, 4.69) is 10.6 Å². The number of ether oxygens (including phenoxy) is 2. The highest BCUT2D eigenvalue weighted by Gasteiger charge is 2.26. The number of anilines is 1. The summed E-state index contributed by atoms with van der Waals surface area (Å²) in [6.07, 6.45) is -0.285. The van der Waals surface area contributed by atoms with Crippen molar-refractivity contribution >= 4 is 28.9 Å². The van der Waals surface area contributed by atoms with Crippen LogP contribution >= 0.6 is 11.6 Å². The second-order valence-electron chi connectivity index (χ2n) is 7.16. The lowest BCUT2D eigenvalue weighted by atomic mass is 10.1. The molecular weight excluding hydrogens is 434 g/mol. The van der Waals surface area contributed by atoms with Crippen molar-refractivity contribution in [3.05, 3.63) is 93.5 Å². The standard InChI is InChI=1S/C23H20ClN3O5/c24-18-12-16(27(29)30)10-11-19(18)26-23(28)22(15-6-2-1-3-7-15)25-13-17-14-31-20-8-4-5-9-21(20)32-17/h1-12,17,22,25H,13-14H2,(H,26,28)/t17-,22-/m0/s1. The fourth-order valence-corrected chi connectivity index (χ4v) is 3.57. The van der Waals surface area contributed by atoms with Crippen LogP contribution in [0.4, 0.5) is 11.4 Å². The number of nitrogens with one attached hydrogen (secondary N) is 2. The Labute approximate surface area is 189 Å². The van der Waals surface area contributed by atoms with Crippen molar-refractivity contribution in [3.8, 4) is 11.5 Å². The van der Waals surface area contributed by atoms with Crippen LogP contribution in [0.5, 0.6) is 11.5 Å². The van der Waals surface area contributed by atoms with Crippen LogP contribution in [0, 0.1) is 10.1 Å². The van der Waals surface area contributed by atoms with Crippen molar-refractivity contribution in [2.45, 2.75) is 12.1 Å². The van der Waals surface area contributed by atoms with Crippen molar-refractivity contribution in [1.82, 2.24) is 5.32 Å². The summed E-state index contributed by atoms with van der Waals surface area (Å²) in [4.78, 5) is 23.5. The van der Waals surface area contributed by atoms with Gasteiger partial charge in [-0.1, -0.05) is 54.1 Å². The molecule has 3 aromatic carbocycles. The van der Waals surface area contributed by atoms with E-state index in [0.717, 1.165) is 5.56 Å². The molecule has 3 aromatic rings. The number of benzene rings is 3. The fourth-order valence-electron chi connectivity index (χ4n) is 3.34. The number of hydrogen-bond acceptors (Lipinski definition) is 6. The third kappa shape index (κ3) is 4.99. The van der Waals surface area contributed by atoms with Crippen LogP contribution < -0.4 is 20.1 Å². The Hall–Kier alpha value is -3.62. The number of nitro groups is 1. The van der Waals surface area contributed by atoms with Crippen LogP contribution in [0.25, 0.3) is 0 Å². The van der Waals surface area contributed by atoms with Gasteiger partial charge in [0.1, 0.15) is 18.8 Å². The Balaban J connectivity index is 1.48. The molecule has 8 nitrogen and oxygen atoms in total. The largest absolute Gasteiger partial charge is 0.486 e. The van der Waals surface area contributed by atoms with Gasteiger partial charge >= 0.3 is 0 Å². The molecule has 1 aliphatic heterocycles. The van der Waals surface area contributed by atoms with Gasteiger partial charge in [0.2, 0.25) is 5.91 Å². The van der Waals surface area contributed by atoms with E-state index in [1.165, 1.54) is 18.2 Å². The molecule has 1 aliphatic rings. The number of amides is 1. The Morgan fingerprint density at radius 1 is 1.09 bits per heavy atom. The normalized spacial score (nSPS) is 15.6. The van der Waals surface area contributed by atoms with E-state index < -0.39 is 11.0 Å². The van der Waals surface area contributed by atoms with E-state index >= 15 is 0 Å². The van der Waals surface area contributed by atoms with Gasteiger partial charge in [-0.3, -0.25) is 20.2 Å². The molecule has 32 heavy (non-hydrogen) atoms. The molecule has 2 N–H and O–H groups in total. The average molecular weight is 454 g/mol. The van der Waals surface area contributed by atoms with Crippen LogP contribution in [0.15, 0.2) is 72.8 Å². The van der Waals surface area contributed by atoms with Gasteiger partial charge in [0.25, 0.3) is 5.69 Å². The Kier molecular flexibility index (Phi) is 6.53. The molecule has 0 spiro atoms. The zero-order valence-corrected chi connectivity index (χ0v) is 17.6. The first kappa shape index (κ1) is 21.6. The molecule has 0 saturated heterocycles. The number of nitrogens with zero attached hydrogens (tertiary/aromatic N) is 1. The first-order chi connectivity index (χ1) is 15.5. The summed E-state index contributed by atoms with van der Waals surface area (Å²) < 4.78 is 11.7. The summed E-state index contributed by atoms with van der Waals surface area (Å²) >= 11 is 6.14. The van der Waals surface area contributed by atoms with Crippen LogP contribution in [-0.4, -0.2) is 30.1 Å². The molecule has 0 unspecified atom stereocenters. The number of para-hydroxylation sites is 2. The summed E-state index contributed by atoms with van der Waals surface area (Å²) in [5.41, 5.74) is 0.886. The zero-order valence-electron chi connectivity index (χ0n) is 16.9. The number of non-ortho nitro benzene ring substituents is 1. The Bertz CT molecular complexity index is 1130. The van der Waals surface area contributed by atoms with Crippen molar-refractivity contribution in [2.24, 2.45) is 0 Å². The third-order valence-electron chi connectivity index (χ3n) is 4.93. The summed E-state index contributed by atoms with van der Waals surface area (Å²) in [6.45, 7) is 0.705. The summed E-state index contributed by atoms with van der Waals surface area (Å²) in [7, 11) is 0. The lowest BCUT2D eigenvalue weighted by Gasteiger charge is -2.28. The summed E-state index contributed by atoms with van der Waals surface area (Å²) in [5, 5.41) is 17.0. The van der Waals surface area contributed by atoms with Crippen molar-refractivity contribution in [1.29, 1.82) is 0 Å². The van der Waals surface area contributed by atoms with Gasteiger partial charge in [0.05, 0.1) is 15.6 Å². The maximum absolute atomic E-state index is 13.1. The number of halogens is 1. The monoisotopic (exact) mass is 453 g/mol. The van der Waals surface area contributed by atoms with Gasteiger partial charge in [-0.2, -0.15) is 0 Å². The molecule has 0 aliphatic carbocycles. The van der Waals surface area contributed by atoms with Gasteiger partial charge in [0, 0.05) is 18.7 Å². The predicted molar refractivity (Wildman–Crippen MR) is 120 cm³/mol. The van der Waals surface area contributed by atoms with E-state index in [9.17, 15) is 14.9 Å². The molecule has 1 amide bonds. The van der Waals surface area contributed by atoms with E-state index in [1.54, 1.807) is 0 Å². The van der Waals surface area contributed by atoms with Crippen molar-refractivity contribution in [3.63, 3.8) is 0 Å². The highest BCUT2D eigenvalue weighted by Crippen LogP contribution is 2.31. The van der Waals surface area contributed by atoms with Crippen molar-refractivity contribution in [2.75, 3.05) is 18.5 Å². The number of nitro benzene ring substituents is 1. The van der Waals surface area contributed by atoms with Crippen molar-refractivity contribution < 1.29 is 19.2 Å².